The Balaban J connectivity index is 1.35. The maximum Gasteiger partial charge on any atom is 0.255 e. The largest absolute Gasteiger partial charge is 0.358 e. The van der Waals surface area contributed by atoms with Gasteiger partial charge in [0.25, 0.3) is 5.91 Å². The van der Waals surface area contributed by atoms with Crippen LogP contribution in [0.2, 0.25) is 0 Å². The third kappa shape index (κ3) is 3.79. The fourth-order valence-electron chi connectivity index (χ4n) is 5.23. The number of carbonyl (C=O) groups is 2. The molecule has 0 aliphatic carbocycles. The number of aromatic amines is 1. The van der Waals surface area contributed by atoms with Crippen molar-refractivity contribution in [3.8, 4) is 0 Å². The zero-order chi connectivity index (χ0) is 22.1. The summed E-state index contributed by atoms with van der Waals surface area (Å²) in [7, 11) is 0. The van der Waals surface area contributed by atoms with E-state index in [1.807, 2.05) is 41.3 Å². The molecule has 2 aliphatic heterocycles. The maximum absolute atomic E-state index is 13.3. The number of aryl methyl sites for hydroxylation is 1. The smallest absolute Gasteiger partial charge is 0.255 e. The zero-order valence-electron chi connectivity index (χ0n) is 18.6. The Hall–Kier alpha value is -3.12. The molecule has 2 N–H and O–H groups in total. The second-order valence-corrected chi connectivity index (χ2v) is 8.85. The number of rotatable bonds is 7. The van der Waals surface area contributed by atoms with Crippen LogP contribution in [-0.2, 0) is 4.79 Å². The average molecular weight is 431 g/mol. The summed E-state index contributed by atoms with van der Waals surface area (Å²) in [5.41, 5.74) is 4.99. The first-order valence-electron chi connectivity index (χ1n) is 11.6. The van der Waals surface area contributed by atoms with Gasteiger partial charge in [-0.05, 0) is 50.6 Å². The number of fused-ring (bicyclic) bond motifs is 2. The molecule has 3 heterocycles. The molecule has 6 nitrogen and oxygen atoms in total. The molecule has 5 rings (SSSR count). The van der Waals surface area contributed by atoms with Gasteiger partial charge in [0.2, 0.25) is 5.91 Å². The number of H-pyrrole nitrogens is 1. The van der Waals surface area contributed by atoms with Gasteiger partial charge in [0.1, 0.15) is 0 Å². The van der Waals surface area contributed by atoms with Crippen molar-refractivity contribution in [2.45, 2.75) is 32.2 Å². The fraction of sp³-hybridized carbons (Fsp3) is 0.385. The molecule has 0 spiro atoms. The molecule has 0 unspecified atom stereocenters. The van der Waals surface area contributed by atoms with E-state index >= 15 is 0 Å². The summed E-state index contributed by atoms with van der Waals surface area (Å²) < 4.78 is 0. The van der Waals surface area contributed by atoms with Gasteiger partial charge in [0.15, 0.2) is 0 Å². The number of carbonyl (C=O) groups excluding carboxylic acids is 2. The molecule has 0 saturated carbocycles. The molecule has 1 atom stereocenters. The van der Waals surface area contributed by atoms with Gasteiger partial charge >= 0.3 is 0 Å². The van der Waals surface area contributed by atoms with Crippen LogP contribution >= 0.6 is 0 Å². The van der Waals surface area contributed by atoms with Crippen LogP contribution in [0, 0.1) is 6.92 Å². The maximum atomic E-state index is 13.3. The Morgan fingerprint density at radius 1 is 1.06 bits per heavy atom. The number of benzene rings is 2. The lowest BCUT2D eigenvalue weighted by Crippen LogP contribution is -2.36. The van der Waals surface area contributed by atoms with Crippen LogP contribution in [0.1, 0.15) is 52.5 Å². The highest BCUT2D eigenvalue weighted by Crippen LogP contribution is 2.42. The third-order valence-corrected chi connectivity index (χ3v) is 6.80. The standard InChI is InChI=1S/C26H30N4O2/c1-18-24(21-10-4-5-11-22(21)28-18)25-19-8-2-3-9-20(19)26(32)30(25)16-12-23(31)27-13-17-29-14-6-7-15-29/h2-5,8-11,25,28H,6-7,12-17H2,1H3,(H,27,31)/t25-/m1/s1. The van der Waals surface area contributed by atoms with E-state index in [1.165, 1.54) is 12.8 Å². The number of amides is 2. The van der Waals surface area contributed by atoms with Crippen molar-refractivity contribution in [3.05, 3.63) is 70.9 Å². The van der Waals surface area contributed by atoms with Crippen molar-refractivity contribution in [1.29, 1.82) is 0 Å². The van der Waals surface area contributed by atoms with E-state index in [0.717, 1.165) is 52.9 Å². The first-order valence-corrected chi connectivity index (χ1v) is 11.6. The minimum Gasteiger partial charge on any atom is -0.358 e. The van der Waals surface area contributed by atoms with Crippen LogP contribution in [0.5, 0.6) is 0 Å². The summed E-state index contributed by atoms with van der Waals surface area (Å²) in [6.07, 6.45) is 2.80. The fourth-order valence-corrected chi connectivity index (χ4v) is 5.23. The third-order valence-electron chi connectivity index (χ3n) is 6.80. The average Bonchev–Trinajstić information content (AvgIpc) is 3.49. The van der Waals surface area contributed by atoms with Crippen molar-refractivity contribution in [3.63, 3.8) is 0 Å². The first kappa shape index (κ1) is 20.8. The van der Waals surface area contributed by atoms with Crippen LogP contribution < -0.4 is 5.32 Å². The number of nitrogens with one attached hydrogen (secondary N) is 2. The molecule has 0 bridgehead atoms. The molecule has 2 aromatic carbocycles. The van der Waals surface area contributed by atoms with Gasteiger partial charge in [-0.3, -0.25) is 9.59 Å². The van der Waals surface area contributed by atoms with Gasteiger partial charge in [-0.1, -0.05) is 36.4 Å². The highest BCUT2D eigenvalue weighted by atomic mass is 16.2. The zero-order valence-corrected chi connectivity index (χ0v) is 18.6. The van der Waals surface area contributed by atoms with E-state index < -0.39 is 0 Å². The normalized spacial score (nSPS) is 18.5. The minimum atomic E-state index is -0.188. The van der Waals surface area contributed by atoms with Gasteiger partial charge in [-0.25, -0.2) is 0 Å². The lowest BCUT2D eigenvalue weighted by atomic mass is 9.95. The first-order chi connectivity index (χ1) is 15.6. The van der Waals surface area contributed by atoms with E-state index in [4.69, 9.17) is 0 Å². The van der Waals surface area contributed by atoms with Gasteiger partial charge in [0.05, 0.1) is 6.04 Å². The van der Waals surface area contributed by atoms with Gasteiger partial charge in [-0.15, -0.1) is 0 Å². The Bertz CT molecular complexity index is 1150. The van der Waals surface area contributed by atoms with Crippen LogP contribution in [0.25, 0.3) is 10.9 Å². The predicted octanol–water partition coefficient (Wildman–Crippen LogP) is 3.62. The summed E-state index contributed by atoms with van der Waals surface area (Å²) >= 11 is 0. The molecular weight excluding hydrogens is 400 g/mol. The van der Waals surface area contributed by atoms with Crippen LogP contribution in [-0.4, -0.2) is 59.3 Å². The van der Waals surface area contributed by atoms with Crippen molar-refractivity contribution in [1.82, 2.24) is 20.1 Å². The molecule has 6 heteroatoms. The number of hydrogen-bond acceptors (Lipinski definition) is 3. The monoisotopic (exact) mass is 430 g/mol. The SMILES string of the molecule is Cc1[nH]c2ccccc2c1[C@H]1c2ccccc2C(=O)N1CCC(=O)NCCN1CCCC1. The van der Waals surface area contributed by atoms with Gasteiger partial charge in [-0.2, -0.15) is 0 Å². The molecular formula is C26H30N4O2. The lowest BCUT2D eigenvalue weighted by molar-refractivity contribution is -0.121. The number of nitrogens with zero attached hydrogens (tertiary/aromatic N) is 2. The van der Waals surface area contributed by atoms with Crippen molar-refractivity contribution in [2.24, 2.45) is 0 Å². The molecule has 32 heavy (non-hydrogen) atoms. The summed E-state index contributed by atoms with van der Waals surface area (Å²) in [4.78, 5) is 33.6. The molecule has 2 aliphatic rings. The molecule has 166 valence electrons. The van der Waals surface area contributed by atoms with E-state index in [9.17, 15) is 9.59 Å². The molecule has 0 radical (unpaired) electrons. The highest BCUT2D eigenvalue weighted by molar-refractivity contribution is 6.01. The topological polar surface area (TPSA) is 68.4 Å². The molecule has 2 amide bonds. The number of para-hydroxylation sites is 1. The summed E-state index contributed by atoms with van der Waals surface area (Å²) in [6.45, 7) is 6.27. The van der Waals surface area contributed by atoms with E-state index in [1.54, 1.807) is 0 Å². The van der Waals surface area contributed by atoms with Crippen LogP contribution in [0.3, 0.4) is 0 Å². The van der Waals surface area contributed by atoms with Gasteiger partial charge < -0.3 is 20.1 Å². The Morgan fingerprint density at radius 2 is 1.81 bits per heavy atom. The Labute approximate surface area is 188 Å². The summed E-state index contributed by atoms with van der Waals surface area (Å²) in [5, 5.41) is 4.16. The quantitative estimate of drug-likeness (QED) is 0.602. The molecule has 1 saturated heterocycles. The van der Waals surface area contributed by atoms with Crippen molar-refractivity contribution >= 4 is 22.7 Å². The summed E-state index contributed by atoms with van der Waals surface area (Å²) in [6, 6.07) is 15.8. The molecule has 3 aromatic rings. The van der Waals surface area contributed by atoms with Gasteiger partial charge in [0, 0.05) is 53.8 Å². The summed E-state index contributed by atoms with van der Waals surface area (Å²) in [5.74, 6) is 0.00231. The van der Waals surface area contributed by atoms with E-state index in [2.05, 4.69) is 34.3 Å². The van der Waals surface area contributed by atoms with E-state index in [-0.39, 0.29) is 17.9 Å². The minimum absolute atomic E-state index is 0.000137. The Morgan fingerprint density at radius 3 is 2.66 bits per heavy atom. The lowest BCUT2D eigenvalue weighted by Gasteiger charge is -2.26. The van der Waals surface area contributed by atoms with E-state index in [0.29, 0.717) is 19.5 Å². The van der Waals surface area contributed by atoms with Crippen LogP contribution in [0.15, 0.2) is 48.5 Å². The number of hydrogen-bond donors (Lipinski definition) is 2. The number of likely N-dealkylation sites (tertiary alicyclic amines) is 1. The second kappa shape index (κ2) is 8.79. The molecule has 1 aromatic heterocycles. The predicted molar refractivity (Wildman–Crippen MR) is 126 cm³/mol. The van der Waals surface area contributed by atoms with Crippen molar-refractivity contribution in [2.75, 3.05) is 32.7 Å². The molecule has 1 fully saturated rings. The van der Waals surface area contributed by atoms with Crippen LogP contribution in [0.4, 0.5) is 0 Å². The highest BCUT2D eigenvalue weighted by Gasteiger charge is 2.39. The second-order valence-electron chi connectivity index (χ2n) is 8.85. The van der Waals surface area contributed by atoms with Crippen molar-refractivity contribution < 1.29 is 9.59 Å². The number of aromatic nitrogens is 1. The Kier molecular flexibility index (Phi) is 5.70.